The molecular weight excluding hydrogens is 232 g/mol. The lowest BCUT2D eigenvalue weighted by Crippen LogP contribution is -2.08. The Labute approximate surface area is 84.4 Å². The van der Waals surface area contributed by atoms with Crippen molar-refractivity contribution in [1.29, 1.82) is 0 Å². The summed E-state index contributed by atoms with van der Waals surface area (Å²) in [6, 6.07) is 5.84. The minimum Gasteiger partial charge on any atom is -0.359 e. The predicted octanol–water partition coefficient (Wildman–Crippen LogP) is 2.66. The third-order valence-electron chi connectivity index (χ3n) is 1.84. The van der Waals surface area contributed by atoms with Crippen LogP contribution in [0.4, 0.5) is 5.82 Å². The molecule has 68 valence electrons. The van der Waals surface area contributed by atoms with Gasteiger partial charge in [-0.2, -0.15) is 0 Å². The van der Waals surface area contributed by atoms with Gasteiger partial charge in [0.05, 0.1) is 5.39 Å². The zero-order valence-electron chi connectivity index (χ0n) is 7.41. The van der Waals surface area contributed by atoms with Gasteiger partial charge < -0.3 is 9.42 Å². The molecule has 13 heavy (non-hydrogen) atoms. The first-order chi connectivity index (χ1) is 6.18. The molecule has 0 bridgehead atoms. The molecule has 1 heterocycles. The fraction of sp³-hybridized carbons (Fsp3) is 0.222. The fourth-order valence-corrected chi connectivity index (χ4v) is 1.58. The standard InChI is InChI=1S/C9H9BrN2O/c1-12(2)9-7-5-6(10)3-4-8(7)13-11-9/h3-5H,1-2H3. The van der Waals surface area contributed by atoms with E-state index in [1.54, 1.807) is 0 Å². The number of hydrogen-bond acceptors (Lipinski definition) is 3. The zero-order valence-corrected chi connectivity index (χ0v) is 9.00. The van der Waals surface area contributed by atoms with Gasteiger partial charge in [0.15, 0.2) is 11.4 Å². The van der Waals surface area contributed by atoms with Crippen LogP contribution < -0.4 is 4.90 Å². The molecule has 0 fully saturated rings. The molecule has 2 aromatic rings. The highest BCUT2D eigenvalue weighted by atomic mass is 79.9. The maximum Gasteiger partial charge on any atom is 0.179 e. The fourth-order valence-electron chi connectivity index (χ4n) is 1.22. The van der Waals surface area contributed by atoms with Gasteiger partial charge in [-0.3, -0.25) is 0 Å². The summed E-state index contributed by atoms with van der Waals surface area (Å²) in [5, 5.41) is 4.99. The van der Waals surface area contributed by atoms with E-state index in [4.69, 9.17) is 4.52 Å². The van der Waals surface area contributed by atoms with E-state index in [0.29, 0.717) is 0 Å². The average molecular weight is 241 g/mol. The quantitative estimate of drug-likeness (QED) is 0.768. The summed E-state index contributed by atoms with van der Waals surface area (Å²) in [6.07, 6.45) is 0. The molecule has 0 amide bonds. The third kappa shape index (κ3) is 1.42. The van der Waals surface area contributed by atoms with E-state index in [1.807, 2.05) is 37.2 Å². The lowest BCUT2D eigenvalue weighted by molar-refractivity contribution is 0.457. The molecule has 0 radical (unpaired) electrons. The van der Waals surface area contributed by atoms with E-state index in [1.165, 1.54) is 0 Å². The van der Waals surface area contributed by atoms with Crippen molar-refractivity contribution in [3.8, 4) is 0 Å². The van der Waals surface area contributed by atoms with Gasteiger partial charge in [-0.25, -0.2) is 0 Å². The van der Waals surface area contributed by atoms with Crippen LogP contribution in [-0.2, 0) is 0 Å². The summed E-state index contributed by atoms with van der Waals surface area (Å²) in [5.41, 5.74) is 0.812. The zero-order chi connectivity index (χ0) is 9.42. The molecule has 0 aliphatic heterocycles. The number of rotatable bonds is 1. The summed E-state index contributed by atoms with van der Waals surface area (Å²) in [4.78, 5) is 1.93. The summed E-state index contributed by atoms with van der Waals surface area (Å²) in [5.74, 6) is 0.858. The maximum absolute atomic E-state index is 5.15. The molecule has 4 heteroatoms. The first-order valence-corrected chi connectivity index (χ1v) is 4.70. The summed E-state index contributed by atoms with van der Waals surface area (Å²) in [7, 11) is 3.89. The van der Waals surface area contributed by atoms with Gasteiger partial charge in [-0.15, -0.1) is 0 Å². The van der Waals surface area contributed by atoms with Gasteiger partial charge in [0.1, 0.15) is 0 Å². The third-order valence-corrected chi connectivity index (χ3v) is 2.33. The van der Waals surface area contributed by atoms with Crippen molar-refractivity contribution in [3.63, 3.8) is 0 Å². The largest absolute Gasteiger partial charge is 0.359 e. The highest BCUT2D eigenvalue weighted by Crippen LogP contribution is 2.27. The summed E-state index contributed by atoms with van der Waals surface area (Å²) < 4.78 is 6.19. The Balaban J connectivity index is 2.71. The Morgan fingerprint density at radius 1 is 1.38 bits per heavy atom. The van der Waals surface area contributed by atoms with E-state index >= 15 is 0 Å². The molecule has 0 N–H and O–H groups in total. The second-order valence-corrected chi connectivity index (χ2v) is 3.96. The molecule has 0 saturated carbocycles. The van der Waals surface area contributed by atoms with Crippen molar-refractivity contribution in [2.75, 3.05) is 19.0 Å². The molecule has 2 rings (SSSR count). The van der Waals surface area contributed by atoms with Crippen molar-refractivity contribution >= 4 is 32.7 Å². The Kier molecular flexibility index (Phi) is 2.00. The van der Waals surface area contributed by atoms with Crippen molar-refractivity contribution in [1.82, 2.24) is 5.16 Å². The van der Waals surface area contributed by atoms with Gasteiger partial charge in [-0.05, 0) is 18.2 Å². The lowest BCUT2D eigenvalue weighted by Gasteiger charge is -2.06. The highest BCUT2D eigenvalue weighted by molar-refractivity contribution is 9.10. The summed E-state index contributed by atoms with van der Waals surface area (Å²) in [6.45, 7) is 0. The first kappa shape index (κ1) is 8.56. The molecule has 0 unspecified atom stereocenters. The van der Waals surface area contributed by atoms with Crippen LogP contribution in [0.2, 0.25) is 0 Å². The van der Waals surface area contributed by atoms with Crippen molar-refractivity contribution in [2.24, 2.45) is 0 Å². The van der Waals surface area contributed by atoms with Gasteiger partial charge in [-0.1, -0.05) is 21.1 Å². The van der Waals surface area contributed by atoms with Crippen LogP contribution >= 0.6 is 15.9 Å². The molecule has 1 aromatic heterocycles. The van der Waals surface area contributed by atoms with Gasteiger partial charge >= 0.3 is 0 Å². The number of nitrogens with zero attached hydrogens (tertiary/aromatic N) is 2. The van der Waals surface area contributed by atoms with Gasteiger partial charge in [0.25, 0.3) is 0 Å². The summed E-state index contributed by atoms with van der Waals surface area (Å²) >= 11 is 3.41. The van der Waals surface area contributed by atoms with E-state index in [9.17, 15) is 0 Å². The lowest BCUT2D eigenvalue weighted by atomic mass is 10.2. The maximum atomic E-state index is 5.15. The predicted molar refractivity (Wildman–Crippen MR) is 56.0 cm³/mol. The van der Waals surface area contributed by atoms with Crippen LogP contribution in [0, 0.1) is 0 Å². The van der Waals surface area contributed by atoms with E-state index in [-0.39, 0.29) is 0 Å². The van der Waals surface area contributed by atoms with Crippen LogP contribution in [-0.4, -0.2) is 19.3 Å². The van der Waals surface area contributed by atoms with Crippen LogP contribution in [0.15, 0.2) is 27.2 Å². The van der Waals surface area contributed by atoms with Crippen molar-refractivity contribution in [2.45, 2.75) is 0 Å². The van der Waals surface area contributed by atoms with E-state index in [0.717, 1.165) is 21.3 Å². The number of hydrogen-bond donors (Lipinski definition) is 0. The molecule has 0 aliphatic carbocycles. The smallest absolute Gasteiger partial charge is 0.179 e. The molecule has 0 aliphatic rings. The Morgan fingerprint density at radius 2 is 2.15 bits per heavy atom. The SMILES string of the molecule is CN(C)c1noc2ccc(Br)cc12. The number of benzene rings is 1. The second-order valence-electron chi connectivity index (χ2n) is 3.04. The molecular formula is C9H9BrN2O. The van der Waals surface area contributed by atoms with Crippen LogP contribution in [0.25, 0.3) is 11.0 Å². The number of anilines is 1. The van der Waals surface area contributed by atoms with Crippen molar-refractivity contribution in [3.05, 3.63) is 22.7 Å². The normalized spacial score (nSPS) is 10.7. The van der Waals surface area contributed by atoms with E-state index in [2.05, 4.69) is 21.1 Å². The van der Waals surface area contributed by atoms with Crippen molar-refractivity contribution < 1.29 is 4.52 Å². The van der Waals surface area contributed by atoms with Crippen LogP contribution in [0.5, 0.6) is 0 Å². The number of halogens is 1. The minimum absolute atomic E-state index is 0.812. The molecule has 3 nitrogen and oxygen atoms in total. The Hall–Kier alpha value is -1.03. The van der Waals surface area contributed by atoms with E-state index < -0.39 is 0 Å². The number of aromatic nitrogens is 1. The second kappa shape index (κ2) is 3.03. The minimum atomic E-state index is 0.812. The number of fused-ring (bicyclic) bond motifs is 1. The van der Waals surface area contributed by atoms with Gasteiger partial charge in [0.2, 0.25) is 0 Å². The van der Waals surface area contributed by atoms with Crippen LogP contribution in [0.3, 0.4) is 0 Å². The monoisotopic (exact) mass is 240 g/mol. The molecule has 0 atom stereocenters. The molecule has 1 aromatic carbocycles. The average Bonchev–Trinajstić information content (AvgIpc) is 2.46. The Bertz CT molecular complexity index is 436. The Morgan fingerprint density at radius 3 is 2.85 bits per heavy atom. The molecule has 0 saturated heterocycles. The molecule has 0 spiro atoms. The topological polar surface area (TPSA) is 29.3 Å². The first-order valence-electron chi connectivity index (χ1n) is 3.91. The van der Waals surface area contributed by atoms with Crippen LogP contribution in [0.1, 0.15) is 0 Å². The van der Waals surface area contributed by atoms with Gasteiger partial charge in [0, 0.05) is 18.6 Å². The highest BCUT2D eigenvalue weighted by Gasteiger charge is 2.09.